The number of rotatable bonds is 6. The standard InChI is InChI=1S/C20H20F3N7O2/c1-12(2)16-9-32-19(31)30(16)18-26-10-25-17(28-18)24-7-14-8-29(11-27-14)15-5-3-13(4-6-15)20(21,22)23/h3-6,8,10-12,16H,7,9H2,1-2H3,(H,24,25,26,28)/t16-/m1/s1. The maximum Gasteiger partial charge on any atom is 0.417 e. The van der Waals surface area contributed by atoms with Crippen molar-refractivity contribution in [1.82, 2.24) is 24.5 Å². The quantitative estimate of drug-likeness (QED) is 0.616. The second kappa shape index (κ2) is 8.44. The Bertz CT molecular complexity index is 1100. The lowest BCUT2D eigenvalue weighted by Crippen LogP contribution is -2.38. The van der Waals surface area contributed by atoms with E-state index in [9.17, 15) is 18.0 Å². The van der Waals surface area contributed by atoms with Gasteiger partial charge in [0.25, 0.3) is 0 Å². The molecule has 1 N–H and O–H groups in total. The highest BCUT2D eigenvalue weighted by Crippen LogP contribution is 2.29. The lowest BCUT2D eigenvalue weighted by molar-refractivity contribution is -0.137. The van der Waals surface area contributed by atoms with Crippen LogP contribution in [0, 0.1) is 5.92 Å². The van der Waals surface area contributed by atoms with Crippen molar-refractivity contribution in [1.29, 1.82) is 0 Å². The Balaban J connectivity index is 1.43. The first-order valence-corrected chi connectivity index (χ1v) is 9.82. The minimum atomic E-state index is -4.38. The van der Waals surface area contributed by atoms with Crippen molar-refractivity contribution in [3.8, 4) is 5.69 Å². The number of nitrogens with zero attached hydrogens (tertiary/aromatic N) is 6. The third-order valence-corrected chi connectivity index (χ3v) is 5.01. The number of imidazole rings is 1. The van der Waals surface area contributed by atoms with Crippen LogP contribution in [0.15, 0.2) is 43.1 Å². The third-order valence-electron chi connectivity index (χ3n) is 5.01. The SMILES string of the molecule is CC(C)[C@H]1COC(=O)N1c1ncnc(NCc2cn(-c3ccc(C(F)(F)F)cc3)cn2)n1. The topological polar surface area (TPSA) is 98.1 Å². The molecule has 12 heteroatoms. The highest BCUT2D eigenvalue weighted by Gasteiger charge is 2.38. The van der Waals surface area contributed by atoms with Gasteiger partial charge < -0.3 is 14.6 Å². The fraction of sp³-hybridized carbons (Fsp3) is 0.350. The van der Waals surface area contributed by atoms with Crippen LogP contribution in [0.5, 0.6) is 0 Å². The van der Waals surface area contributed by atoms with Crippen molar-refractivity contribution in [3.63, 3.8) is 0 Å². The van der Waals surface area contributed by atoms with Crippen molar-refractivity contribution < 1.29 is 22.7 Å². The van der Waals surface area contributed by atoms with Gasteiger partial charge in [0.05, 0.1) is 30.2 Å². The summed E-state index contributed by atoms with van der Waals surface area (Å²) in [7, 11) is 0. The predicted octanol–water partition coefficient (Wildman–Crippen LogP) is 3.67. The third kappa shape index (κ3) is 4.48. The maximum atomic E-state index is 12.7. The van der Waals surface area contributed by atoms with Gasteiger partial charge in [-0.05, 0) is 30.2 Å². The number of cyclic esters (lactones) is 1. The van der Waals surface area contributed by atoms with E-state index in [4.69, 9.17) is 4.74 Å². The van der Waals surface area contributed by atoms with Crippen LogP contribution in [0.2, 0.25) is 0 Å². The van der Waals surface area contributed by atoms with E-state index in [1.54, 1.807) is 10.8 Å². The summed E-state index contributed by atoms with van der Waals surface area (Å²) in [5, 5.41) is 3.01. The Morgan fingerprint density at radius 2 is 1.94 bits per heavy atom. The molecular formula is C20H20F3N7O2. The van der Waals surface area contributed by atoms with Crippen LogP contribution in [-0.4, -0.2) is 43.2 Å². The summed E-state index contributed by atoms with van der Waals surface area (Å²) in [6.45, 7) is 4.49. The van der Waals surface area contributed by atoms with Crippen LogP contribution < -0.4 is 10.2 Å². The first-order valence-electron chi connectivity index (χ1n) is 9.82. The number of carbonyl (C=O) groups excluding carboxylic acids is 1. The fourth-order valence-electron chi connectivity index (χ4n) is 3.23. The number of halogens is 3. The molecule has 1 aromatic carbocycles. The Kier molecular flexibility index (Phi) is 5.68. The summed E-state index contributed by atoms with van der Waals surface area (Å²) in [6, 6.07) is 4.62. The molecule has 1 aliphatic rings. The number of ether oxygens (including phenoxy) is 1. The minimum Gasteiger partial charge on any atom is -0.447 e. The molecule has 0 bridgehead atoms. The van der Waals surface area contributed by atoms with Crippen LogP contribution in [0.1, 0.15) is 25.1 Å². The second-order valence-corrected chi connectivity index (χ2v) is 7.54. The highest BCUT2D eigenvalue weighted by molar-refractivity contribution is 5.88. The van der Waals surface area contributed by atoms with Gasteiger partial charge in [-0.2, -0.15) is 18.2 Å². The van der Waals surface area contributed by atoms with Crippen LogP contribution in [0.3, 0.4) is 0 Å². The molecule has 4 rings (SSSR count). The van der Waals surface area contributed by atoms with Gasteiger partial charge in [0.2, 0.25) is 11.9 Å². The molecule has 1 fully saturated rings. The van der Waals surface area contributed by atoms with E-state index in [1.165, 1.54) is 29.7 Å². The number of hydrogen-bond donors (Lipinski definition) is 1. The summed E-state index contributed by atoms with van der Waals surface area (Å²) in [4.78, 5) is 30.2. The summed E-state index contributed by atoms with van der Waals surface area (Å²) in [5.41, 5.74) is 0.453. The molecule has 1 amide bonds. The van der Waals surface area contributed by atoms with Crippen molar-refractivity contribution in [3.05, 3.63) is 54.4 Å². The second-order valence-electron chi connectivity index (χ2n) is 7.54. The monoisotopic (exact) mass is 447 g/mol. The molecule has 1 saturated heterocycles. The van der Waals surface area contributed by atoms with Gasteiger partial charge in [0, 0.05) is 11.9 Å². The molecule has 0 aliphatic carbocycles. The summed E-state index contributed by atoms with van der Waals surface area (Å²) in [6.07, 6.45) is -0.395. The minimum absolute atomic E-state index is 0.156. The van der Waals surface area contributed by atoms with E-state index < -0.39 is 17.8 Å². The van der Waals surface area contributed by atoms with Gasteiger partial charge in [-0.3, -0.25) is 0 Å². The lowest BCUT2D eigenvalue weighted by atomic mass is 10.1. The molecule has 3 aromatic rings. The van der Waals surface area contributed by atoms with Gasteiger partial charge >= 0.3 is 12.3 Å². The molecule has 2 aromatic heterocycles. The van der Waals surface area contributed by atoms with E-state index >= 15 is 0 Å². The van der Waals surface area contributed by atoms with Gasteiger partial charge in [-0.1, -0.05) is 13.8 Å². The molecule has 32 heavy (non-hydrogen) atoms. The average molecular weight is 447 g/mol. The summed E-state index contributed by atoms with van der Waals surface area (Å²) in [5.74, 6) is 0.601. The number of hydrogen-bond acceptors (Lipinski definition) is 7. The Labute approximate surface area is 181 Å². The molecule has 168 valence electrons. The van der Waals surface area contributed by atoms with Crippen LogP contribution in [0.25, 0.3) is 5.69 Å². The van der Waals surface area contributed by atoms with Gasteiger partial charge in [-0.25, -0.2) is 24.6 Å². The van der Waals surface area contributed by atoms with Crippen LogP contribution in [-0.2, 0) is 17.5 Å². The highest BCUT2D eigenvalue weighted by atomic mass is 19.4. The predicted molar refractivity (Wildman–Crippen MR) is 108 cm³/mol. The molecule has 0 saturated carbocycles. The van der Waals surface area contributed by atoms with E-state index in [1.807, 2.05) is 13.8 Å². The molecule has 0 unspecified atom stereocenters. The average Bonchev–Trinajstić information content (AvgIpc) is 3.39. The van der Waals surface area contributed by atoms with Gasteiger partial charge in [0.15, 0.2) is 0 Å². The summed E-state index contributed by atoms with van der Waals surface area (Å²) < 4.78 is 44.9. The van der Waals surface area contributed by atoms with Gasteiger partial charge in [0.1, 0.15) is 12.9 Å². The van der Waals surface area contributed by atoms with Crippen LogP contribution >= 0.6 is 0 Å². The first kappa shape index (κ1) is 21.5. The van der Waals surface area contributed by atoms with Crippen molar-refractivity contribution in [2.24, 2.45) is 5.92 Å². The van der Waals surface area contributed by atoms with Crippen molar-refractivity contribution in [2.45, 2.75) is 32.6 Å². The largest absolute Gasteiger partial charge is 0.447 e. The molecule has 0 radical (unpaired) electrons. The molecule has 1 atom stereocenters. The molecular weight excluding hydrogens is 427 g/mol. The Morgan fingerprint density at radius 3 is 2.62 bits per heavy atom. The molecule has 9 nitrogen and oxygen atoms in total. The maximum absolute atomic E-state index is 12.7. The fourth-order valence-corrected chi connectivity index (χ4v) is 3.23. The number of nitrogens with one attached hydrogen (secondary N) is 1. The number of carbonyl (C=O) groups is 1. The Hall–Kier alpha value is -3.70. The molecule has 1 aliphatic heterocycles. The lowest BCUT2D eigenvalue weighted by Gasteiger charge is -2.22. The number of alkyl halides is 3. The number of benzene rings is 1. The zero-order chi connectivity index (χ0) is 22.9. The van der Waals surface area contributed by atoms with E-state index in [0.717, 1.165) is 12.1 Å². The van der Waals surface area contributed by atoms with Crippen molar-refractivity contribution in [2.75, 3.05) is 16.8 Å². The zero-order valence-electron chi connectivity index (χ0n) is 17.2. The molecule has 3 heterocycles. The normalized spacial score (nSPS) is 16.5. The van der Waals surface area contributed by atoms with Crippen LogP contribution in [0.4, 0.5) is 29.9 Å². The number of amides is 1. The number of aromatic nitrogens is 5. The number of anilines is 2. The van der Waals surface area contributed by atoms with E-state index in [0.29, 0.717) is 11.4 Å². The van der Waals surface area contributed by atoms with Crippen molar-refractivity contribution >= 4 is 18.0 Å². The smallest absolute Gasteiger partial charge is 0.417 e. The van der Waals surface area contributed by atoms with E-state index in [2.05, 4.69) is 25.3 Å². The van der Waals surface area contributed by atoms with Gasteiger partial charge in [-0.15, -0.1) is 0 Å². The first-order chi connectivity index (χ1) is 15.2. The zero-order valence-corrected chi connectivity index (χ0v) is 17.2. The molecule has 0 spiro atoms. The Morgan fingerprint density at radius 1 is 1.19 bits per heavy atom. The van der Waals surface area contributed by atoms with E-state index in [-0.39, 0.29) is 37.0 Å². The summed E-state index contributed by atoms with van der Waals surface area (Å²) >= 11 is 0.